The third kappa shape index (κ3) is 3.88. The van der Waals surface area contributed by atoms with Gasteiger partial charge in [0.2, 0.25) is 0 Å². The van der Waals surface area contributed by atoms with Crippen molar-refractivity contribution >= 4 is 17.6 Å². The van der Waals surface area contributed by atoms with Crippen LogP contribution in [-0.4, -0.2) is 54.0 Å². The number of carbonyl (C=O) groups is 1. The molecule has 6 nitrogen and oxygen atoms in total. The maximum absolute atomic E-state index is 13.3. The molecule has 1 aliphatic heterocycles. The second-order valence-electron chi connectivity index (χ2n) is 4.83. The third-order valence-corrected chi connectivity index (χ3v) is 3.01. The number of likely N-dealkylation sites (N-methyl/N-ethyl adjacent to an activating group) is 1. The summed E-state index contributed by atoms with van der Waals surface area (Å²) < 4.78 is 84.3. The van der Waals surface area contributed by atoms with E-state index in [1.165, 1.54) is 7.05 Å². The minimum atomic E-state index is -5.86. The Morgan fingerprint density at radius 3 is 2.48 bits per heavy atom. The molecule has 1 N–H and O–H groups in total. The quantitative estimate of drug-likeness (QED) is 0.826. The SMILES string of the molecule is CN1C(=O)COC1=Nc1cccc(OC(F)(F)C(F)C(F)(F)F)c1O. The maximum atomic E-state index is 13.3. The average Bonchev–Trinajstić information content (AvgIpc) is 2.81. The number of benzene rings is 1. The number of aromatic hydroxyl groups is 1. The first-order valence-electron chi connectivity index (χ1n) is 6.51. The van der Waals surface area contributed by atoms with Crippen LogP contribution in [0.2, 0.25) is 0 Å². The summed E-state index contributed by atoms with van der Waals surface area (Å²) in [4.78, 5) is 15.9. The highest BCUT2D eigenvalue weighted by atomic mass is 19.4. The van der Waals surface area contributed by atoms with Crippen LogP contribution in [0.3, 0.4) is 0 Å². The molecule has 2 rings (SSSR count). The minimum Gasteiger partial charge on any atom is -0.503 e. The predicted octanol–water partition coefficient (Wildman–Crippen LogP) is 2.74. The molecule has 138 valence electrons. The summed E-state index contributed by atoms with van der Waals surface area (Å²) in [6.07, 6.45) is -15.7. The molecule has 1 amide bonds. The molecule has 0 bridgehead atoms. The van der Waals surface area contributed by atoms with E-state index in [-0.39, 0.29) is 12.6 Å². The van der Waals surface area contributed by atoms with Crippen LogP contribution in [0.4, 0.5) is 32.0 Å². The summed E-state index contributed by atoms with van der Waals surface area (Å²) >= 11 is 0. The highest BCUT2D eigenvalue weighted by molar-refractivity contribution is 6.00. The Balaban J connectivity index is 2.30. The molecule has 0 saturated carbocycles. The monoisotopic (exact) mass is 372 g/mol. The largest absolute Gasteiger partial charge is 0.503 e. The fraction of sp³-hybridized carbons (Fsp3) is 0.385. The molecule has 12 heteroatoms. The summed E-state index contributed by atoms with van der Waals surface area (Å²) in [5.74, 6) is -2.69. The van der Waals surface area contributed by atoms with Gasteiger partial charge in [-0.1, -0.05) is 6.07 Å². The summed E-state index contributed by atoms with van der Waals surface area (Å²) in [7, 11) is 1.29. The van der Waals surface area contributed by atoms with Gasteiger partial charge in [0.25, 0.3) is 18.1 Å². The molecule has 0 aliphatic carbocycles. The maximum Gasteiger partial charge on any atom is 0.439 e. The number of carbonyl (C=O) groups excluding carboxylic acids is 1. The van der Waals surface area contributed by atoms with Crippen molar-refractivity contribution < 1.29 is 45.7 Å². The van der Waals surface area contributed by atoms with E-state index in [0.29, 0.717) is 6.07 Å². The first-order valence-corrected chi connectivity index (χ1v) is 6.51. The standard InChI is InChI=1S/C13H10F6N2O4/c1-21-8(22)5-24-11(21)20-6-3-2-4-7(9(6)23)25-13(18,19)10(14)12(15,16)17/h2-4,10,23H,5H2,1H3. The molecule has 0 spiro atoms. The van der Waals surface area contributed by atoms with Crippen LogP contribution in [0.1, 0.15) is 0 Å². The minimum absolute atomic E-state index is 0.275. The fourth-order valence-electron chi connectivity index (χ4n) is 1.71. The highest BCUT2D eigenvalue weighted by Crippen LogP contribution is 2.42. The van der Waals surface area contributed by atoms with Crippen molar-refractivity contribution in [3.8, 4) is 11.5 Å². The molecule has 0 radical (unpaired) electrons. The third-order valence-electron chi connectivity index (χ3n) is 3.01. The molecular formula is C13H10F6N2O4. The fourth-order valence-corrected chi connectivity index (χ4v) is 1.71. The molecule has 1 aromatic rings. The molecule has 1 saturated heterocycles. The molecule has 1 atom stereocenters. The zero-order valence-corrected chi connectivity index (χ0v) is 12.4. The number of para-hydroxylation sites is 1. The molecule has 25 heavy (non-hydrogen) atoms. The number of halogens is 6. The topological polar surface area (TPSA) is 71.4 Å². The van der Waals surface area contributed by atoms with E-state index in [9.17, 15) is 36.2 Å². The molecule has 1 fully saturated rings. The van der Waals surface area contributed by atoms with Gasteiger partial charge >= 0.3 is 12.3 Å². The lowest BCUT2D eigenvalue weighted by atomic mass is 10.2. The van der Waals surface area contributed by atoms with Crippen molar-refractivity contribution in [3.05, 3.63) is 18.2 Å². The number of nitrogens with zero attached hydrogens (tertiary/aromatic N) is 2. The lowest BCUT2D eigenvalue weighted by Crippen LogP contribution is -2.45. The number of rotatable bonds is 4. The van der Waals surface area contributed by atoms with Crippen molar-refractivity contribution in [1.29, 1.82) is 0 Å². The number of phenolic OH excluding ortho intramolecular Hbond substituents is 1. The lowest BCUT2D eigenvalue weighted by Gasteiger charge is -2.23. The van der Waals surface area contributed by atoms with Crippen LogP contribution in [0.25, 0.3) is 0 Å². The summed E-state index contributed by atoms with van der Waals surface area (Å²) in [5.41, 5.74) is -0.438. The summed E-state index contributed by atoms with van der Waals surface area (Å²) in [5, 5.41) is 9.82. The molecule has 1 aliphatic rings. The number of hydrogen-bond donors (Lipinski definition) is 1. The van der Waals surface area contributed by atoms with Crippen LogP contribution in [-0.2, 0) is 9.53 Å². The van der Waals surface area contributed by atoms with Gasteiger partial charge in [-0.2, -0.15) is 26.9 Å². The normalized spacial score (nSPS) is 18.4. The van der Waals surface area contributed by atoms with Crippen LogP contribution in [0.15, 0.2) is 23.2 Å². The Hall–Kier alpha value is -2.66. The van der Waals surface area contributed by atoms with Crippen LogP contribution >= 0.6 is 0 Å². The van der Waals surface area contributed by atoms with E-state index in [0.717, 1.165) is 17.0 Å². The zero-order chi connectivity index (χ0) is 19.0. The van der Waals surface area contributed by atoms with Gasteiger partial charge < -0.3 is 14.6 Å². The van der Waals surface area contributed by atoms with Gasteiger partial charge in [-0.25, -0.2) is 4.39 Å². The smallest absolute Gasteiger partial charge is 0.439 e. The second kappa shape index (κ2) is 6.33. The van der Waals surface area contributed by atoms with Crippen molar-refractivity contribution in [2.24, 2.45) is 4.99 Å². The van der Waals surface area contributed by atoms with Crippen molar-refractivity contribution in [2.45, 2.75) is 18.5 Å². The molecule has 1 aromatic carbocycles. The van der Waals surface area contributed by atoms with Gasteiger partial charge in [0.1, 0.15) is 5.69 Å². The number of ether oxygens (including phenoxy) is 2. The number of amides is 1. The van der Waals surface area contributed by atoms with E-state index in [4.69, 9.17) is 4.74 Å². The van der Waals surface area contributed by atoms with E-state index < -0.39 is 41.6 Å². The Kier molecular flexibility index (Phi) is 4.73. The molecule has 1 unspecified atom stereocenters. The average molecular weight is 372 g/mol. The molecule has 0 aromatic heterocycles. The van der Waals surface area contributed by atoms with Gasteiger partial charge in [0, 0.05) is 7.05 Å². The van der Waals surface area contributed by atoms with Gasteiger partial charge in [0.05, 0.1) is 0 Å². The van der Waals surface area contributed by atoms with E-state index in [1.807, 2.05) is 0 Å². The van der Waals surface area contributed by atoms with Crippen LogP contribution in [0, 0.1) is 0 Å². The predicted molar refractivity (Wildman–Crippen MR) is 70.4 cm³/mol. The van der Waals surface area contributed by atoms with Crippen LogP contribution in [0.5, 0.6) is 11.5 Å². The molecular weight excluding hydrogens is 362 g/mol. The van der Waals surface area contributed by atoms with Crippen molar-refractivity contribution in [1.82, 2.24) is 4.90 Å². The first kappa shape index (κ1) is 18.7. The Labute approximate surface area is 136 Å². The van der Waals surface area contributed by atoms with Gasteiger partial charge in [-0.3, -0.25) is 9.69 Å². The van der Waals surface area contributed by atoms with Crippen molar-refractivity contribution in [2.75, 3.05) is 13.7 Å². The number of alkyl halides is 6. The summed E-state index contributed by atoms with van der Waals surface area (Å²) in [6.45, 7) is -0.334. The number of amidine groups is 1. The van der Waals surface area contributed by atoms with Crippen LogP contribution < -0.4 is 4.74 Å². The van der Waals surface area contributed by atoms with Crippen molar-refractivity contribution in [3.63, 3.8) is 0 Å². The molecule has 1 heterocycles. The Morgan fingerprint density at radius 1 is 1.32 bits per heavy atom. The number of aliphatic imine (C=N–C) groups is 1. The Morgan fingerprint density at radius 2 is 1.96 bits per heavy atom. The second-order valence-corrected chi connectivity index (χ2v) is 4.83. The first-order chi connectivity index (χ1) is 11.4. The van der Waals surface area contributed by atoms with Gasteiger partial charge in [0.15, 0.2) is 18.1 Å². The van der Waals surface area contributed by atoms with Gasteiger partial charge in [-0.15, -0.1) is 0 Å². The van der Waals surface area contributed by atoms with E-state index in [2.05, 4.69) is 9.73 Å². The number of hydrogen-bond acceptors (Lipinski definition) is 5. The summed E-state index contributed by atoms with van der Waals surface area (Å²) in [6, 6.07) is 2.52. The van der Waals surface area contributed by atoms with E-state index in [1.54, 1.807) is 0 Å². The zero-order valence-electron chi connectivity index (χ0n) is 12.4. The van der Waals surface area contributed by atoms with E-state index >= 15 is 0 Å². The number of phenols is 1. The highest BCUT2D eigenvalue weighted by Gasteiger charge is 2.59. The lowest BCUT2D eigenvalue weighted by molar-refractivity contribution is -0.305. The van der Waals surface area contributed by atoms with Gasteiger partial charge in [-0.05, 0) is 12.1 Å². The Bertz CT molecular complexity index is 706.